The van der Waals surface area contributed by atoms with Crippen molar-refractivity contribution < 1.29 is 9.53 Å². The number of carbonyl (C=O) groups is 1. The Morgan fingerprint density at radius 1 is 1.50 bits per heavy atom. The number of carbonyl (C=O) groups excluding carboxylic acids is 1. The van der Waals surface area contributed by atoms with E-state index in [2.05, 4.69) is 5.32 Å². The Balaban J connectivity index is 2.76. The summed E-state index contributed by atoms with van der Waals surface area (Å²) in [7, 11) is 5.36. The number of hydrogen-bond donors (Lipinski definition) is 1. The van der Waals surface area contributed by atoms with Crippen molar-refractivity contribution >= 4 is 5.91 Å². The number of nitrogens with zero attached hydrogens (tertiary/aromatic N) is 2. The largest absolute Gasteiger partial charge is 0.496 e. The second kappa shape index (κ2) is 6.62. The number of nitrogens with one attached hydrogen (secondary N) is 1. The molecule has 1 N–H and O–H groups in total. The van der Waals surface area contributed by atoms with Crippen LogP contribution in [0.2, 0.25) is 0 Å². The summed E-state index contributed by atoms with van der Waals surface area (Å²) in [6.45, 7) is 1.33. The molecule has 0 radical (unpaired) electrons. The first-order valence-electron chi connectivity index (χ1n) is 5.59. The Morgan fingerprint density at radius 3 is 2.78 bits per heavy atom. The SMILES string of the molecule is COc1cc(C#N)ccc1C(=O)NCCN(C)C. The molecule has 0 saturated carbocycles. The molecule has 0 aliphatic rings. The molecule has 96 valence electrons. The Hall–Kier alpha value is -2.06. The van der Waals surface area contributed by atoms with E-state index in [0.717, 1.165) is 6.54 Å². The molecule has 0 aromatic heterocycles. The predicted molar refractivity (Wildman–Crippen MR) is 68.6 cm³/mol. The third-order valence-electron chi connectivity index (χ3n) is 2.42. The van der Waals surface area contributed by atoms with Gasteiger partial charge < -0.3 is 15.0 Å². The van der Waals surface area contributed by atoms with Crippen molar-refractivity contribution in [1.29, 1.82) is 5.26 Å². The van der Waals surface area contributed by atoms with Crippen LogP contribution in [0, 0.1) is 11.3 Å². The number of amides is 1. The van der Waals surface area contributed by atoms with Crippen LogP contribution in [0.3, 0.4) is 0 Å². The van der Waals surface area contributed by atoms with Crippen molar-refractivity contribution in [1.82, 2.24) is 10.2 Å². The van der Waals surface area contributed by atoms with E-state index in [1.54, 1.807) is 18.2 Å². The van der Waals surface area contributed by atoms with Crippen LogP contribution in [-0.4, -0.2) is 45.1 Å². The van der Waals surface area contributed by atoms with Gasteiger partial charge in [0, 0.05) is 13.1 Å². The van der Waals surface area contributed by atoms with Gasteiger partial charge in [0.15, 0.2) is 0 Å². The number of benzene rings is 1. The minimum atomic E-state index is -0.196. The fourth-order valence-corrected chi connectivity index (χ4v) is 1.44. The Labute approximate surface area is 107 Å². The maximum Gasteiger partial charge on any atom is 0.255 e. The van der Waals surface area contributed by atoms with Gasteiger partial charge in [0.25, 0.3) is 5.91 Å². The summed E-state index contributed by atoms with van der Waals surface area (Å²) in [4.78, 5) is 13.9. The first kappa shape index (κ1) is 14.0. The zero-order valence-electron chi connectivity index (χ0n) is 10.9. The van der Waals surface area contributed by atoms with Crippen LogP contribution in [-0.2, 0) is 0 Å². The van der Waals surface area contributed by atoms with E-state index in [9.17, 15) is 4.79 Å². The number of hydrogen-bond acceptors (Lipinski definition) is 4. The smallest absolute Gasteiger partial charge is 0.255 e. The average molecular weight is 247 g/mol. The van der Waals surface area contributed by atoms with Gasteiger partial charge in [-0.15, -0.1) is 0 Å². The molecule has 0 atom stereocenters. The molecule has 0 fully saturated rings. The number of ether oxygens (including phenoxy) is 1. The summed E-state index contributed by atoms with van der Waals surface area (Å²) in [5, 5.41) is 11.6. The van der Waals surface area contributed by atoms with Crippen LogP contribution in [0.15, 0.2) is 18.2 Å². The molecular formula is C13H17N3O2. The molecule has 0 heterocycles. The second-order valence-corrected chi connectivity index (χ2v) is 4.09. The van der Waals surface area contributed by atoms with Gasteiger partial charge in [-0.1, -0.05) is 0 Å². The monoisotopic (exact) mass is 247 g/mol. The molecule has 0 unspecified atom stereocenters. The van der Waals surface area contributed by atoms with Crippen molar-refractivity contribution in [2.75, 3.05) is 34.3 Å². The topological polar surface area (TPSA) is 65.4 Å². The summed E-state index contributed by atoms with van der Waals surface area (Å²) < 4.78 is 5.11. The van der Waals surface area contributed by atoms with E-state index in [-0.39, 0.29) is 5.91 Å². The molecule has 0 bridgehead atoms. The molecule has 0 saturated heterocycles. The lowest BCUT2D eigenvalue weighted by Gasteiger charge is -2.12. The Kier molecular flexibility index (Phi) is 5.15. The van der Waals surface area contributed by atoms with Crippen molar-refractivity contribution in [3.63, 3.8) is 0 Å². The van der Waals surface area contributed by atoms with Gasteiger partial charge in [-0.05, 0) is 32.3 Å². The fraction of sp³-hybridized carbons (Fsp3) is 0.385. The summed E-state index contributed by atoms with van der Waals surface area (Å²) in [5.41, 5.74) is 0.909. The third kappa shape index (κ3) is 3.75. The number of methoxy groups -OCH3 is 1. The maximum atomic E-state index is 11.9. The molecule has 0 aliphatic carbocycles. The van der Waals surface area contributed by atoms with E-state index in [1.165, 1.54) is 7.11 Å². The van der Waals surface area contributed by atoms with Crippen molar-refractivity contribution in [2.45, 2.75) is 0 Å². The molecular weight excluding hydrogens is 230 g/mol. The standard InChI is InChI=1S/C13H17N3O2/c1-16(2)7-6-15-13(17)11-5-4-10(9-14)8-12(11)18-3/h4-5,8H,6-7H2,1-3H3,(H,15,17). The summed E-state index contributed by atoms with van der Waals surface area (Å²) >= 11 is 0. The van der Waals surface area contributed by atoms with E-state index in [1.807, 2.05) is 25.1 Å². The first-order valence-corrected chi connectivity index (χ1v) is 5.59. The molecule has 1 amide bonds. The number of nitriles is 1. The summed E-state index contributed by atoms with van der Waals surface area (Å²) in [6.07, 6.45) is 0. The van der Waals surface area contributed by atoms with Gasteiger partial charge in [-0.3, -0.25) is 4.79 Å². The van der Waals surface area contributed by atoms with E-state index >= 15 is 0 Å². The van der Waals surface area contributed by atoms with Crippen molar-refractivity contribution in [2.24, 2.45) is 0 Å². The zero-order chi connectivity index (χ0) is 13.5. The minimum Gasteiger partial charge on any atom is -0.496 e. The molecule has 1 aromatic carbocycles. The van der Waals surface area contributed by atoms with Crippen LogP contribution in [0.4, 0.5) is 0 Å². The number of rotatable bonds is 5. The molecule has 5 heteroatoms. The van der Waals surface area contributed by atoms with Crippen LogP contribution in [0.25, 0.3) is 0 Å². The minimum absolute atomic E-state index is 0.196. The van der Waals surface area contributed by atoms with Crippen LogP contribution < -0.4 is 10.1 Å². The predicted octanol–water partition coefficient (Wildman–Crippen LogP) is 0.858. The van der Waals surface area contributed by atoms with Crippen molar-refractivity contribution in [3.05, 3.63) is 29.3 Å². The van der Waals surface area contributed by atoms with Crippen LogP contribution >= 0.6 is 0 Å². The highest BCUT2D eigenvalue weighted by molar-refractivity contribution is 5.97. The molecule has 18 heavy (non-hydrogen) atoms. The van der Waals surface area contributed by atoms with Crippen LogP contribution in [0.5, 0.6) is 5.75 Å². The quantitative estimate of drug-likeness (QED) is 0.838. The lowest BCUT2D eigenvalue weighted by atomic mass is 10.1. The first-order chi connectivity index (χ1) is 8.58. The fourth-order valence-electron chi connectivity index (χ4n) is 1.44. The number of likely N-dealkylation sites (N-methyl/N-ethyl adjacent to an activating group) is 1. The molecule has 1 rings (SSSR count). The summed E-state index contributed by atoms with van der Waals surface area (Å²) in [6, 6.07) is 6.76. The van der Waals surface area contributed by atoms with Gasteiger partial charge in [-0.2, -0.15) is 5.26 Å². The van der Waals surface area contributed by atoms with Crippen LogP contribution in [0.1, 0.15) is 15.9 Å². The van der Waals surface area contributed by atoms with Gasteiger partial charge in [0.2, 0.25) is 0 Å². The maximum absolute atomic E-state index is 11.9. The van der Waals surface area contributed by atoms with Gasteiger partial charge in [0.1, 0.15) is 5.75 Å². The lowest BCUT2D eigenvalue weighted by molar-refractivity contribution is 0.0948. The summed E-state index contributed by atoms with van der Waals surface area (Å²) in [5.74, 6) is 0.217. The van der Waals surface area contributed by atoms with Gasteiger partial charge in [0.05, 0.1) is 24.3 Å². The molecule has 0 aliphatic heterocycles. The van der Waals surface area contributed by atoms with E-state index in [4.69, 9.17) is 10.00 Å². The molecule has 1 aromatic rings. The highest BCUT2D eigenvalue weighted by Crippen LogP contribution is 2.19. The second-order valence-electron chi connectivity index (χ2n) is 4.09. The van der Waals surface area contributed by atoms with E-state index in [0.29, 0.717) is 23.4 Å². The van der Waals surface area contributed by atoms with Gasteiger partial charge in [-0.25, -0.2) is 0 Å². The normalized spacial score (nSPS) is 9.94. The molecule has 5 nitrogen and oxygen atoms in total. The molecule has 0 spiro atoms. The highest BCUT2D eigenvalue weighted by atomic mass is 16.5. The lowest BCUT2D eigenvalue weighted by Crippen LogP contribution is -2.31. The average Bonchev–Trinajstić information content (AvgIpc) is 2.37. The van der Waals surface area contributed by atoms with Gasteiger partial charge >= 0.3 is 0 Å². The Bertz CT molecular complexity index is 464. The highest BCUT2D eigenvalue weighted by Gasteiger charge is 2.12. The van der Waals surface area contributed by atoms with E-state index < -0.39 is 0 Å². The zero-order valence-corrected chi connectivity index (χ0v) is 10.9. The Morgan fingerprint density at radius 2 is 2.22 bits per heavy atom. The van der Waals surface area contributed by atoms with Crippen molar-refractivity contribution in [3.8, 4) is 11.8 Å². The third-order valence-corrected chi connectivity index (χ3v) is 2.42.